The lowest BCUT2D eigenvalue weighted by Crippen LogP contribution is -2.33. The SMILES string of the molecule is N\C=C/C=C(N)/C=C/C(=O)NCC1Cc2cccc(Cl)c2O1. The average molecular weight is 320 g/mol. The standard InChI is InChI=1S/C16H18ClN3O2/c17-14-5-1-3-11-9-13(22-16(11)14)10-20-15(21)7-6-12(19)4-2-8-18/h1-8,13H,9-10,18-19H2,(H,20,21)/b7-6+,8-2-,12-4-. The van der Waals surface area contributed by atoms with E-state index in [9.17, 15) is 4.79 Å². The second-order valence-electron chi connectivity index (χ2n) is 4.80. The van der Waals surface area contributed by atoms with Crippen molar-refractivity contribution in [1.82, 2.24) is 5.32 Å². The van der Waals surface area contributed by atoms with Gasteiger partial charge in [0.05, 0.1) is 11.6 Å². The minimum atomic E-state index is -0.237. The van der Waals surface area contributed by atoms with Gasteiger partial charge in [0.2, 0.25) is 5.91 Å². The normalized spacial score (nSPS) is 17.7. The molecule has 0 bridgehead atoms. The Balaban J connectivity index is 1.81. The zero-order chi connectivity index (χ0) is 15.9. The molecule has 0 saturated carbocycles. The second-order valence-corrected chi connectivity index (χ2v) is 5.21. The van der Waals surface area contributed by atoms with E-state index in [-0.39, 0.29) is 12.0 Å². The van der Waals surface area contributed by atoms with Crippen molar-refractivity contribution in [3.63, 3.8) is 0 Å². The highest BCUT2D eigenvalue weighted by Gasteiger charge is 2.24. The van der Waals surface area contributed by atoms with E-state index in [0.717, 1.165) is 12.0 Å². The number of carbonyl (C=O) groups is 1. The molecule has 0 spiro atoms. The molecule has 116 valence electrons. The number of nitrogens with two attached hydrogens (primary N) is 2. The molecule has 0 fully saturated rings. The van der Waals surface area contributed by atoms with Crippen molar-refractivity contribution in [3.8, 4) is 5.75 Å². The largest absolute Gasteiger partial charge is 0.486 e. The zero-order valence-electron chi connectivity index (χ0n) is 12.0. The molecule has 5 N–H and O–H groups in total. The smallest absolute Gasteiger partial charge is 0.244 e. The van der Waals surface area contributed by atoms with Crippen LogP contribution in [0.4, 0.5) is 0 Å². The molecule has 1 aliphatic rings. The van der Waals surface area contributed by atoms with Crippen molar-refractivity contribution in [3.05, 3.63) is 65.0 Å². The summed E-state index contributed by atoms with van der Waals surface area (Å²) in [5, 5.41) is 3.37. The molecule has 1 amide bonds. The molecule has 5 nitrogen and oxygen atoms in total. The Morgan fingerprint density at radius 2 is 2.27 bits per heavy atom. The van der Waals surface area contributed by atoms with Crippen molar-refractivity contribution in [1.29, 1.82) is 0 Å². The fourth-order valence-corrected chi connectivity index (χ4v) is 2.32. The fraction of sp³-hybridized carbons (Fsp3) is 0.188. The molecule has 1 heterocycles. The number of hydrogen-bond acceptors (Lipinski definition) is 4. The molecule has 1 unspecified atom stereocenters. The molecular formula is C16H18ClN3O2. The maximum Gasteiger partial charge on any atom is 0.244 e. The highest BCUT2D eigenvalue weighted by atomic mass is 35.5. The van der Waals surface area contributed by atoms with Crippen LogP contribution in [0.3, 0.4) is 0 Å². The quantitative estimate of drug-likeness (QED) is 0.568. The number of benzene rings is 1. The van der Waals surface area contributed by atoms with E-state index in [1.807, 2.05) is 12.1 Å². The highest BCUT2D eigenvalue weighted by molar-refractivity contribution is 6.32. The first-order chi connectivity index (χ1) is 10.6. The molecule has 1 aliphatic heterocycles. The van der Waals surface area contributed by atoms with Crippen LogP contribution in [0.25, 0.3) is 0 Å². The molecule has 22 heavy (non-hydrogen) atoms. The summed E-state index contributed by atoms with van der Waals surface area (Å²) < 4.78 is 5.74. The van der Waals surface area contributed by atoms with Crippen LogP contribution in [0.1, 0.15) is 5.56 Å². The molecule has 0 saturated heterocycles. The van der Waals surface area contributed by atoms with E-state index < -0.39 is 0 Å². The monoisotopic (exact) mass is 319 g/mol. The van der Waals surface area contributed by atoms with Gasteiger partial charge in [0.1, 0.15) is 11.9 Å². The van der Waals surface area contributed by atoms with Gasteiger partial charge in [0.15, 0.2) is 0 Å². The van der Waals surface area contributed by atoms with Gasteiger partial charge >= 0.3 is 0 Å². The third-order valence-corrected chi connectivity index (χ3v) is 3.41. The van der Waals surface area contributed by atoms with E-state index in [1.54, 1.807) is 18.2 Å². The van der Waals surface area contributed by atoms with Crippen LogP contribution in [-0.2, 0) is 11.2 Å². The summed E-state index contributed by atoms with van der Waals surface area (Å²) >= 11 is 6.07. The molecule has 1 atom stereocenters. The van der Waals surface area contributed by atoms with Gasteiger partial charge in [-0.05, 0) is 36.1 Å². The van der Waals surface area contributed by atoms with E-state index in [2.05, 4.69) is 5.32 Å². The number of carbonyl (C=O) groups excluding carboxylic acids is 1. The summed E-state index contributed by atoms with van der Waals surface area (Å²) in [7, 11) is 0. The summed E-state index contributed by atoms with van der Waals surface area (Å²) in [6, 6.07) is 5.65. The number of amides is 1. The lowest BCUT2D eigenvalue weighted by molar-refractivity contribution is -0.116. The summed E-state index contributed by atoms with van der Waals surface area (Å²) in [5.41, 5.74) is 12.3. The first kappa shape index (κ1) is 16.0. The predicted molar refractivity (Wildman–Crippen MR) is 87.3 cm³/mol. The lowest BCUT2D eigenvalue weighted by atomic mass is 10.1. The molecular weight excluding hydrogens is 302 g/mol. The molecule has 6 heteroatoms. The Kier molecular flexibility index (Phi) is 5.49. The van der Waals surface area contributed by atoms with Crippen LogP contribution < -0.4 is 21.5 Å². The first-order valence-corrected chi connectivity index (χ1v) is 7.22. The van der Waals surface area contributed by atoms with E-state index in [1.165, 1.54) is 18.4 Å². The maximum atomic E-state index is 11.7. The number of fused-ring (bicyclic) bond motifs is 1. The van der Waals surface area contributed by atoms with Crippen LogP contribution >= 0.6 is 11.6 Å². The Bertz CT molecular complexity index is 638. The number of para-hydroxylation sites is 1. The maximum absolute atomic E-state index is 11.7. The van der Waals surface area contributed by atoms with E-state index in [0.29, 0.717) is 23.0 Å². The number of halogens is 1. The Morgan fingerprint density at radius 1 is 1.45 bits per heavy atom. The van der Waals surface area contributed by atoms with Gasteiger partial charge in [0.25, 0.3) is 0 Å². The van der Waals surface area contributed by atoms with Crippen LogP contribution in [-0.4, -0.2) is 18.6 Å². The van der Waals surface area contributed by atoms with Gasteiger partial charge < -0.3 is 21.5 Å². The van der Waals surface area contributed by atoms with Crippen molar-refractivity contribution in [2.24, 2.45) is 11.5 Å². The number of nitrogens with one attached hydrogen (secondary N) is 1. The van der Waals surface area contributed by atoms with Gasteiger partial charge in [-0.3, -0.25) is 4.79 Å². The molecule has 2 rings (SSSR count). The Morgan fingerprint density at radius 3 is 3.00 bits per heavy atom. The van der Waals surface area contributed by atoms with Gasteiger partial charge in [-0.25, -0.2) is 0 Å². The zero-order valence-corrected chi connectivity index (χ0v) is 12.7. The molecule has 0 aliphatic carbocycles. The van der Waals surface area contributed by atoms with E-state index >= 15 is 0 Å². The molecule has 1 aromatic rings. The van der Waals surface area contributed by atoms with Gasteiger partial charge in [-0.2, -0.15) is 0 Å². The minimum Gasteiger partial charge on any atom is -0.486 e. The summed E-state index contributed by atoms with van der Waals surface area (Å²) in [5.74, 6) is 0.471. The first-order valence-electron chi connectivity index (χ1n) is 6.84. The predicted octanol–water partition coefficient (Wildman–Crippen LogP) is 1.63. The van der Waals surface area contributed by atoms with Gasteiger partial charge in [0, 0.05) is 18.2 Å². The van der Waals surface area contributed by atoms with Gasteiger partial charge in [-0.1, -0.05) is 23.7 Å². The average Bonchev–Trinajstić information content (AvgIpc) is 2.93. The van der Waals surface area contributed by atoms with Crippen molar-refractivity contribution < 1.29 is 9.53 Å². The van der Waals surface area contributed by atoms with Crippen LogP contribution in [0.5, 0.6) is 5.75 Å². The molecule has 0 aromatic heterocycles. The highest BCUT2D eigenvalue weighted by Crippen LogP contribution is 2.35. The van der Waals surface area contributed by atoms with Crippen molar-refractivity contribution in [2.45, 2.75) is 12.5 Å². The number of hydrogen-bond donors (Lipinski definition) is 3. The fourth-order valence-electron chi connectivity index (χ4n) is 2.08. The third kappa shape index (κ3) is 4.30. The number of ether oxygens (including phenoxy) is 1. The minimum absolute atomic E-state index is 0.111. The van der Waals surface area contributed by atoms with E-state index in [4.69, 9.17) is 27.8 Å². The van der Waals surface area contributed by atoms with Crippen LogP contribution in [0.2, 0.25) is 5.02 Å². The van der Waals surface area contributed by atoms with Crippen molar-refractivity contribution >= 4 is 17.5 Å². The number of rotatable bonds is 5. The van der Waals surface area contributed by atoms with Gasteiger partial charge in [-0.15, -0.1) is 0 Å². The third-order valence-electron chi connectivity index (χ3n) is 3.11. The second kappa shape index (κ2) is 7.56. The van der Waals surface area contributed by atoms with Crippen LogP contribution in [0, 0.1) is 0 Å². The molecule has 0 radical (unpaired) electrons. The topological polar surface area (TPSA) is 90.4 Å². The van der Waals surface area contributed by atoms with Crippen LogP contribution in [0.15, 0.2) is 54.4 Å². The summed E-state index contributed by atoms with van der Waals surface area (Å²) in [6.45, 7) is 0.403. The Labute approximate surface area is 134 Å². The Hall–Kier alpha value is -2.40. The molecule has 1 aromatic carbocycles. The summed E-state index contributed by atoms with van der Waals surface area (Å²) in [6.07, 6.45) is 8.04. The van der Waals surface area contributed by atoms with Crippen molar-refractivity contribution in [2.75, 3.05) is 6.54 Å². The lowest BCUT2D eigenvalue weighted by Gasteiger charge is -2.11. The summed E-state index contributed by atoms with van der Waals surface area (Å²) in [4.78, 5) is 11.7. The number of allylic oxidation sites excluding steroid dienone is 3.